The first-order chi connectivity index (χ1) is 10.1. The van der Waals surface area contributed by atoms with Gasteiger partial charge in [0.1, 0.15) is 11.3 Å². The fraction of sp³-hybridized carbons (Fsp3) is 0.400. The molecule has 5 nitrogen and oxygen atoms in total. The van der Waals surface area contributed by atoms with Gasteiger partial charge in [-0.25, -0.2) is 4.98 Å². The van der Waals surface area contributed by atoms with Crippen molar-refractivity contribution in [3.63, 3.8) is 0 Å². The molecule has 0 spiro atoms. The van der Waals surface area contributed by atoms with Crippen LogP contribution >= 0.6 is 11.6 Å². The largest absolute Gasteiger partial charge is 0.306 e. The van der Waals surface area contributed by atoms with Gasteiger partial charge in [0.2, 0.25) is 0 Å². The molecule has 0 amide bonds. The van der Waals surface area contributed by atoms with Gasteiger partial charge >= 0.3 is 0 Å². The van der Waals surface area contributed by atoms with E-state index in [0.717, 1.165) is 40.5 Å². The molecule has 0 unspecified atom stereocenters. The van der Waals surface area contributed by atoms with E-state index in [2.05, 4.69) is 26.6 Å². The number of pyridine rings is 1. The predicted octanol–water partition coefficient (Wildman–Crippen LogP) is 2.82. The van der Waals surface area contributed by atoms with Gasteiger partial charge in [-0.1, -0.05) is 13.0 Å². The second-order valence-electron chi connectivity index (χ2n) is 5.11. The van der Waals surface area contributed by atoms with Crippen LogP contribution in [0.3, 0.4) is 0 Å². The van der Waals surface area contributed by atoms with E-state index in [1.165, 1.54) is 0 Å². The third-order valence-electron chi connectivity index (χ3n) is 3.59. The molecule has 110 valence electrons. The molecule has 0 aromatic carbocycles. The van der Waals surface area contributed by atoms with Crippen molar-refractivity contribution >= 4 is 22.8 Å². The SMILES string of the molecule is CCc1nn(C)c2c1nc(CCl)n2Cc1cccc(C)n1. The molecule has 0 saturated carbocycles. The first kappa shape index (κ1) is 14.1. The predicted molar refractivity (Wildman–Crippen MR) is 83.5 cm³/mol. The van der Waals surface area contributed by atoms with E-state index < -0.39 is 0 Å². The van der Waals surface area contributed by atoms with Crippen molar-refractivity contribution < 1.29 is 0 Å². The highest BCUT2D eigenvalue weighted by Crippen LogP contribution is 2.22. The Labute approximate surface area is 128 Å². The summed E-state index contributed by atoms with van der Waals surface area (Å²) in [6, 6.07) is 6.04. The molecular formula is C15H18ClN5. The van der Waals surface area contributed by atoms with E-state index in [0.29, 0.717) is 12.4 Å². The Balaban J connectivity index is 2.14. The molecule has 0 aliphatic carbocycles. The summed E-state index contributed by atoms with van der Waals surface area (Å²) in [6.07, 6.45) is 0.860. The summed E-state index contributed by atoms with van der Waals surface area (Å²) in [5, 5.41) is 4.53. The summed E-state index contributed by atoms with van der Waals surface area (Å²) in [5.74, 6) is 1.24. The summed E-state index contributed by atoms with van der Waals surface area (Å²) in [4.78, 5) is 9.23. The maximum Gasteiger partial charge on any atom is 0.159 e. The Bertz CT molecular complexity index is 787. The third-order valence-corrected chi connectivity index (χ3v) is 3.83. The quantitative estimate of drug-likeness (QED) is 0.696. The first-order valence-corrected chi connectivity index (χ1v) is 7.57. The zero-order valence-corrected chi connectivity index (χ0v) is 13.2. The van der Waals surface area contributed by atoms with Gasteiger partial charge in [0, 0.05) is 12.7 Å². The zero-order chi connectivity index (χ0) is 15.0. The van der Waals surface area contributed by atoms with E-state index >= 15 is 0 Å². The van der Waals surface area contributed by atoms with Crippen LogP contribution in [0.2, 0.25) is 0 Å². The fourth-order valence-corrected chi connectivity index (χ4v) is 2.85. The number of hydrogen-bond acceptors (Lipinski definition) is 3. The van der Waals surface area contributed by atoms with Crippen molar-refractivity contribution in [1.82, 2.24) is 24.3 Å². The molecule has 6 heteroatoms. The molecule has 3 aromatic rings. The summed E-state index contributed by atoms with van der Waals surface area (Å²) in [5.41, 5.74) is 4.97. The summed E-state index contributed by atoms with van der Waals surface area (Å²) in [6.45, 7) is 4.74. The maximum atomic E-state index is 6.07. The fourth-order valence-electron chi connectivity index (χ4n) is 2.64. The summed E-state index contributed by atoms with van der Waals surface area (Å²) >= 11 is 6.07. The van der Waals surface area contributed by atoms with Crippen LogP contribution in [0.4, 0.5) is 0 Å². The van der Waals surface area contributed by atoms with Gasteiger partial charge in [-0.05, 0) is 25.5 Å². The smallest absolute Gasteiger partial charge is 0.159 e. The Kier molecular flexibility index (Phi) is 3.68. The van der Waals surface area contributed by atoms with Gasteiger partial charge in [0.25, 0.3) is 0 Å². The Morgan fingerprint density at radius 1 is 1.24 bits per heavy atom. The summed E-state index contributed by atoms with van der Waals surface area (Å²) in [7, 11) is 1.95. The lowest BCUT2D eigenvalue weighted by Crippen LogP contribution is -2.09. The number of nitrogens with zero attached hydrogens (tertiary/aromatic N) is 5. The van der Waals surface area contributed by atoms with Gasteiger partial charge in [0.15, 0.2) is 5.65 Å². The van der Waals surface area contributed by atoms with Gasteiger partial charge in [-0.15, -0.1) is 11.6 Å². The molecular weight excluding hydrogens is 286 g/mol. The van der Waals surface area contributed by atoms with Crippen molar-refractivity contribution in [2.24, 2.45) is 7.05 Å². The number of fused-ring (bicyclic) bond motifs is 1. The second kappa shape index (κ2) is 5.48. The maximum absolute atomic E-state index is 6.07. The highest BCUT2D eigenvalue weighted by Gasteiger charge is 2.18. The highest BCUT2D eigenvalue weighted by atomic mass is 35.5. The van der Waals surface area contributed by atoms with Crippen LogP contribution in [0.15, 0.2) is 18.2 Å². The van der Waals surface area contributed by atoms with Crippen molar-refractivity contribution in [1.29, 1.82) is 0 Å². The molecule has 0 bridgehead atoms. The van der Waals surface area contributed by atoms with Crippen molar-refractivity contribution in [2.75, 3.05) is 0 Å². The van der Waals surface area contributed by atoms with Gasteiger partial charge < -0.3 is 4.57 Å². The number of aromatic nitrogens is 5. The van der Waals surface area contributed by atoms with Crippen molar-refractivity contribution in [2.45, 2.75) is 32.7 Å². The molecule has 0 radical (unpaired) electrons. The lowest BCUT2D eigenvalue weighted by atomic mass is 10.3. The molecule has 0 N–H and O–H groups in total. The Morgan fingerprint density at radius 3 is 2.71 bits per heavy atom. The Hall–Kier alpha value is -1.88. The van der Waals surface area contributed by atoms with E-state index in [9.17, 15) is 0 Å². The molecule has 0 aliphatic rings. The zero-order valence-electron chi connectivity index (χ0n) is 12.5. The minimum Gasteiger partial charge on any atom is -0.306 e. The van der Waals surface area contributed by atoms with Crippen LogP contribution in [-0.2, 0) is 25.9 Å². The van der Waals surface area contributed by atoms with Crippen LogP contribution in [0.1, 0.15) is 29.8 Å². The van der Waals surface area contributed by atoms with Crippen LogP contribution in [-0.4, -0.2) is 24.3 Å². The van der Waals surface area contributed by atoms with Gasteiger partial charge in [0.05, 0.1) is 23.8 Å². The first-order valence-electron chi connectivity index (χ1n) is 7.03. The Morgan fingerprint density at radius 2 is 2.05 bits per heavy atom. The second-order valence-corrected chi connectivity index (χ2v) is 5.38. The van der Waals surface area contributed by atoms with Crippen molar-refractivity contribution in [3.05, 3.63) is 41.1 Å². The standard InChI is InChI=1S/C15H18ClN5/c1-4-12-14-15(20(3)19-12)21(13(8-16)18-14)9-11-7-5-6-10(2)17-11/h5-7H,4,8-9H2,1-3H3. The number of imidazole rings is 1. The van der Waals surface area contributed by atoms with E-state index in [1.54, 1.807) is 0 Å². The minimum atomic E-state index is 0.379. The number of rotatable bonds is 4. The molecule has 3 heterocycles. The number of aryl methyl sites for hydroxylation is 3. The minimum absolute atomic E-state index is 0.379. The lowest BCUT2D eigenvalue weighted by molar-refractivity contribution is 0.689. The van der Waals surface area contributed by atoms with Crippen LogP contribution < -0.4 is 0 Å². The monoisotopic (exact) mass is 303 g/mol. The number of halogens is 1. The molecule has 21 heavy (non-hydrogen) atoms. The van der Waals surface area contributed by atoms with E-state index in [1.807, 2.05) is 36.9 Å². The van der Waals surface area contributed by atoms with Gasteiger partial charge in [-0.2, -0.15) is 5.10 Å². The topological polar surface area (TPSA) is 48.5 Å². The molecule has 0 atom stereocenters. The third kappa shape index (κ3) is 2.42. The molecule has 3 rings (SSSR count). The van der Waals surface area contributed by atoms with Crippen LogP contribution in [0.5, 0.6) is 0 Å². The van der Waals surface area contributed by atoms with Crippen molar-refractivity contribution in [3.8, 4) is 0 Å². The van der Waals surface area contributed by atoms with E-state index in [4.69, 9.17) is 11.6 Å². The average Bonchev–Trinajstić information content (AvgIpc) is 2.97. The number of alkyl halides is 1. The molecule has 3 aromatic heterocycles. The molecule has 0 saturated heterocycles. The normalized spacial score (nSPS) is 11.4. The van der Waals surface area contributed by atoms with Crippen LogP contribution in [0.25, 0.3) is 11.2 Å². The number of hydrogen-bond donors (Lipinski definition) is 0. The molecule has 0 fully saturated rings. The van der Waals surface area contributed by atoms with Gasteiger partial charge in [-0.3, -0.25) is 9.67 Å². The highest BCUT2D eigenvalue weighted by molar-refractivity contribution is 6.16. The summed E-state index contributed by atoms with van der Waals surface area (Å²) < 4.78 is 3.99. The molecule has 0 aliphatic heterocycles. The lowest BCUT2D eigenvalue weighted by Gasteiger charge is -2.08. The van der Waals surface area contributed by atoms with E-state index in [-0.39, 0.29) is 0 Å². The van der Waals surface area contributed by atoms with Crippen LogP contribution in [0, 0.1) is 6.92 Å². The average molecular weight is 304 g/mol.